The van der Waals surface area contributed by atoms with Gasteiger partial charge in [-0.1, -0.05) is 18.5 Å². The van der Waals surface area contributed by atoms with Crippen LogP contribution in [0.5, 0.6) is 0 Å². The van der Waals surface area contributed by atoms with Gasteiger partial charge in [-0.3, -0.25) is 0 Å². The molecule has 0 saturated heterocycles. The first kappa shape index (κ1) is 12.2. The Morgan fingerprint density at radius 2 is 2.31 bits per heavy atom. The molecule has 1 heterocycles. The van der Waals surface area contributed by atoms with Gasteiger partial charge in [0, 0.05) is 27.6 Å². The van der Waals surface area contributed by atoms with Crippen molar-refractivity contribution in [3.05, 3.63) is 34.1 Å². The maximum absolute atomic E-state index is 13.7. The van der Waals surface area contributed by atoms with E-state index in [0.29, 0.717) is 10.3 Å². The van der Waals surface area contributed by atoms with Crippen LogP contribution in [-0.2, 0) is 5.75 Å². The molecule has 4 heteroatoms. The Hall–Kier alpha value is -0.250. The van der Waals surface area contributed by atoms with Gasteiger partial charge in [0.15, 0.2) is 0 Å². The minimum atomic E-state index is -0.137. The fourth-order valence-electron chi connectivity index (χ4n) is 2.25. The number of benzene rings is 1. The van der Waals surface area contributed by atoms with E-state index in [1.54, 1.807) is 17.8 Å². The molecule has 0 spiro atoms. The summed E-state index contributed by atoms with van der Waals surface area (Å²) in [5, 5.41) is 4.40. The van der Waals surface area contributed by atoms with Crippen molar-refractivity contribution in [2.75, 3.05) is 7.05 Å². The molecule has 0 bridgehead atoms. The van der Waals surface area contributed by atoms with E-state index in [1.807, 2.05) is 7.05 Å². The van der Waals surface area contributed by atoms with Gasteiger partial charge in [-0.15, -0.1) is 0 Å². The SMILES string of the molecule is CCC1SCc2c(F)ccc(Cl)c2C1NC. The highest BCUT2D eigenvalue weighted by Gasteiger charge is 2.31. The van der Waals surface area contributed by atoms with Gasteiger partial charge in [0.05, 0.1) is 0 Å². The molecule has 0 fully saturated rings. The molecule has 1 aromatic rings. The topological polar surface area (TPSA) is 12.0 Å². The summed E-state index contributed by atoms with van der Waals surface area (Å²) in [5.74, 6) is 0.583. The molecule has 1 aliphatic heterocycles. The van der Waals surface area contributed by atoms with Crippen molar-refractivity contribution in [1.29, 1.82) is 0 Å². The van der Waals surface area contributed by atoms with Crippen LogP contribution in [0.4, 0.5) is 4.39 Å². The van der Waals surface area contributed by atoms with Crippen molar-refractivity contribution in [1.82, 2.24) is 5.32 Å². The molecular weight excluding hydrogens is 245 g/mol. The van der Waals surface area contributed by atoms with Crippen molar-refractivity contribution in [3.63, 3.8) is 0 Å². The molecule has 1 aromatic carbocycles. The largest absolute Gasteiger partial charge is 0.312 e. The number of halogens is 2. The Labute approximate surface area is 105 Å². The average Bonchev–Trinajstić information content (AvgIpc) is 2.32. The number of nitrogens with one attached hydrogen (secondary N) is 1. The normalized spacial score (nSPS) is 24.2. The highest BCUT2D eigenvalue weighted by molar-refractivity contribution is 7.99. The van der Waals surface area contributed by atoms with Gasteiger partial charge >= 0.3 is 0 Å². The van der Waals surface area contributed by atoms with Crippen LogP contribution in [0.2, 0.25) is 5.02 Å². The Balaban J connectivity index is 2.51. The van der Waals surface area contributed by atoms with Crippen molar-refractivity contribution >= 4 is 23.4 Å². The van der Waals surface area contributed by atoms with Crippen molar-refractivity contribution in [2.24, 2.45) is 0 Å². The lowest BCUT2D eigenvalue weighted by Gasteiger charge is -2.33. The second-order valence-electron chi connectivity index (χ2n) is 3.95. The van der Waals surface area contributed by atoms with Crippen LogP contribution in [-0.4, -0.2) is 12.3 Å². The third-order valence-electron chi connectivity index (χ3n) is 3.08. The lowest BCUT2D eigenvalue weighted by atomic mass is 9.96. The Morgan fingerprint density at radius 3 is 2.94 bits per heavy atom. The van der Waals surface area contributed by atoms with Gasteiger partial charge in [0.25, 0.3) is 0 Å². The van der Waals surface area contributed by atoms with E-state index >= 15 is 0 Å². The molecule has 0 amide bonds. The Kier molecular flexibility index (Phi) is 3.77. The first-order valence-corrected chi connectivity index (χ1v) is 6.87. The zero-order valence-corrected chi connectivity index (χ0v) is 11.0. The highest BCUT2D eigenvalue weighted by Crippen LogP contribution is 2.42. The molecule has 1 N–H and O–H groups in total. The predicted octanol–water partition coefficient (Wildman–Crippen LogP) is 3.77. The summed E-state index contributed by atoms with van der Waals surface area (Å²) in [6.45, 7) is 2.15. The maximum Gasteiger partial charge on any atom is 0.127 e. The van der Waals surface area contributed by atoms with E-state index in [9.17, 15) is 4.39 Å². The van der Waals surface area contributed by atoms with E-state index in [2.05, 4.69) is 12.2 Å². The zero-order chi connectivity index (χ0) is 11.7. The summed E-state index contributed by atoms with van der Waals surface area (Å²) in [7, 11) is 1.91. The monoisotopic (exact) mass is 259 g/mol. The zero-order valence-electron chi connectivity index (χ0n) is 9.39. The summed E-state index contributed by atoms with van der Waals surface area (Å²) >= 11 is 7.99. The van der Waals surface area contributed by atoms with E-state index in [1.165, 1.54) is 6.07 Å². The second-order valence-corrected chi connectivity index (χ2v) is 5.58. The van der Waals surface area contributed by atoms with Crippen LogP contribution in [0, 0.1) is 5.82 Å². The van der Waals surface area contributed by atoms with Crippen molar-refractivity contribution < 1.29 is 4.39 Å². The van der Waals surface area contributed by atoms with Gasteiger partial charge in [-0.2, -0.15) is 11.8 Å². The van der Waals surface area contributed by atoms with E-state index < -0.39 is 0 Å². The van der Waals surface area contributed by atoms with Crippen molar-refractivity contribution in [3.8, 4) is 0 Å². The molecule has 2 unspecified atom stereocenters. The summed E-state index contributed by atoms with van der Waals surface area (Å²) in [6, 6.07) is 3.27. The minimum absolute atomic E-state index is 0.137. The molecule has 0 saturated carbocycles. The van der Waals surface area contributed by atoms with Crippen LogP contribution in [0.25, 0.3) is 0 Å². The molecule has 1 aliphatic rings. The third kappa shape index (κ3) is 1.96. The number of rotatable bonds is 2. The number of hydrogen-bond donors (Lipinski definition) is 1. The standard InChI is InChI=1S/C12H15ClFNS/c1-3-10-12(15-2)11-7(6-16-10)9(14)5-4-8(11)13/h4-5,10,12,15H,3,6H2,1-2H3. The molecular formula is C12H15ClFNS. The quantitative estimate of drug-likeness (QED) is 0.868. The molecule has 0 radical (unpaired) electrons. The molecule has 2 rings (SSSR count). The van der Waals surface area contributed by atoms with E-state index in [0.717, 1.165) is 23.3 Å². The van der Waals surface area contributed by atoms with Gasteiger partial charge in [-0.25, -0.2) is 4.39 Å². The third-order valence-corrected chi connectivity index (χ3v) is 4.90. The molecule has 0 aromatic heterocycles. The van der Waals surface area contributed by atoms with E-state index in [4.69, 9.17) is 11.6 Å². The number of fused-ring (bicyclic) bond motifs is 1. The van der Waals surface area contributed by atoms with Crippen LogP contribution < -0.4 is 5.32 Å². The van der Waals surface area contributed by atoms with Gasteiger partial charge < -0.3 is 5.32 Å². The molecule has 16 heavy (non-hydrogen) atoms. The first-order valence-electron chi connectivity index (χ1n) is 5.44. The smallest absolute Gasteiger partial charge is 0.127 e. The average molecular weight is 260 g/mol. The van der Waals surface area contributed by atoms with Crippen LogP contribution in [0.1, 0.15) is 30.5 Å². The van der Waals surface area contributed by atoms with E-state index in [-0.39, 0.29) is 11.9 Å². The summed E-state index contributed by atoms with van der Waals surface area (Å²) in [5.41, 5.74) is 1.72. The summed E-state index contributed by atoms with van der Waals surface area (Å²) in [6.07, 6.45) is 1.06. The highest BCUT2D eigenvalue weighted by atomic mass is 35.5. The van der Waals surface area contributed by atoms with Gasteiger partial charge in [0.2, 0.25) is 0 Å². The first-order chi connectivity index (χ1) is 7.69. The fraction of sp³-hybridized carbons (Fsp3) is 0.500. The molecule has 2 atom stereocenters. The predicted molar refractivity (Wildman–Crippen MR) is 68.6 cm³/mol. The number of thioether (sulfide) groups is 1. The minimum Gasteiger partial charge on any atom is -0.312 e. The lowest BCUT2D eigenvalue weighted by Crippen LogP contribution is -2.31. The number of hydrogen-bond acceptors (Lipinski definition) is 2. The van der Waals surface area contributed by atoms with Gasteiger partial charge in [0.1, 0.15) is 5.82 Å². The van der Waals surface area contributed by atoms with Crippen LogP contribution in [0.3, 0.4) is 0 Å². The van der Waals surface area contributed by atoms with Crippen LogP contribution >= 0.6 is 23.4 Å². The second kappa shape index (κ2) is 4.94. The lowest BCUT2D eigenvalue weighted by molar-refractivity contribution is 0.533. The maximum atomic E-state index is 13.7. The Morgan fingerprint density at radius 1 is 1.56 bits per heavy atom. The summed E-state index contributed by atoms with van der Waals surface area (Å²) in [4.78, 5) is 0. The fourth-order valence-corrected chi connectivity index (χ4v) is 3.92. The molecule has 88 valence electrons. The van der Waals surface area contributed by atoms with Crippen molar-refractivity contribution in [2.45, 2.75) is 30.4 Å². The molecule has 1 nitrogen and oxygen atoms in total. The summed E-state index contributed by atoms with van der Waals surface area (Å²) < 4.78 is 13.7. The van der Waals surface area contributed by atoms with Crippen LogP contribution in [0.15, 0.2) is 12.1 Å². The molecule has 0 aliphatic carbocycles. The Bertz CT molecular complexity index is 397. The van der Waals surface area contributed by atoms with Gasteiger partial charge in [-0.05, 0) is 31.2 Å².